The molecule has 0 radical (unpaired) electrons. The number of morpholine rings is 1. The van der Waals surface area contributed by atoms with Crippen molar-refractivity contribution in [2.24, 2.45) is 0 Å². The van der Waals surface area contributed by atoms with Crippen molar-refractivity contribution in [3.63, 3.8) is 0 Å². The zero-order valence-electron chi connectivity index (χ0n) is 10.5. The Bertz CT molecular complexity index is 589. The number of nitrogens with one attached hydrogen (secondary N) is 1. The van der Waals surface area contributed by atoms with Gasteiger partial charge in [-0.05, 0) is 24.3 Å². The molecule has 1 aromatic heterocycles. The number of pyridine rings is 1. The second-order valence-electron chi connectivity index (χ2n) is 4.41. The highest BCUT2D eigenvalue weighted by Gasteiger charge is 2.17. The topological polar surface area (TPSA) is 54.5 Å². The zero-order chi connectivity index (χ0) is 13.1. The minimum atomic E-state index is -0.0837. The molecule has 5 heteroatoms. The lowest BCUT2D eigenvalue weighted by Gasteiger charge is -2.27. The molecule has 1 aliphatic rings. The van der Waals surface area contributed by atoms with Gasteiger partial charge in [-0.15, -0.1) is 0 Å². The molecule has 1 N–H and O–H groups in total. The molecule has 0 aliphatic carbocycles. The van der Waals surface area contributed by atoms with Crippen LogP contribution in [0.2, 0.25) is 0 Å². The van der Waals surface area contributed by atoms with E-state index < -0.39 is 0 Å². The van der Waals surface area contributed by atoms with Gasteiger partial charge in [-0.1, -0.05) is 6.07 Å². The second-order valence-corrected chi connectivity index (χ2v) is 4.41. The Labute approximate surface area is 111 Å². The average molecular weight is 257 g/mol. The van der Waals surface area contributed by atoms with Gasteiger partial charge in [-0.25, -0.2) is 4.79 Å². The number of nitrogens with zero attached hydrogens (tertiary/aromatic N) is 2. The molecule has 2 heterocycles. The number of urea groups is 1. The van der Waals surface area contributed by atoms with Crippen LogP contribution in [-0.4, -0.2) is 42.2 Å². The summed E-state index contributed by atoms with van der Waals surface area (Å²) in [5.41, 5.74) is 1.67. The highest BCUT2D eigenvalue weighted by atomic mass is 16.5. The van der Waals surface area contributed by atoms with Crippen molar-refractivity contribution < 1.29 is 9.53 Å². The standard InChI is InChI=1S/C14H15N3O2/c18-14(17-7-9-19-10-8-17)16-13-5-1-4-12-11(13)3-2-6-15-12/h1-6H,7-10H2,(H,16,18). The SMILES string of the molecule is O=C(Nc1cccc2ncccc12)N1CCOCC1. The van der Waals surface area contributed by atoms with Crippen molar-refractivity contribution in [3.8, 4) is 0 Å². The fourth-order valence-corrected chi connectivity index (χ4v) is 2.17. The average Bonchev–Trinajstić information content (AvgIpc) is 2.48. The molecule has 1 aromatic carbocycles. The van der Waals surface area contributed by atoms with Gasteiger partial charge in [-0.2, -0.15) is 0 Å². The van der Waals surface area contributed by atoms with Crippen molar-refractivity contribution in [2.75, 3.05) is 31.6 Å². The van der Waals surface area contributed by atoms with E-state index in [-0.39, 0.29) is 6.03 Å². The summed E-state index contributed by atoms with van der Waals surface area (Å²) in [6.45, 7) is 2.47. The minimum absolute atomic E-state index is 0.0837. The Hall–Kier alpha value is -2.14. The molecule has 0 atom stereocenters. The van der Waals surface area contributed by atoms with E-state index >= 15 is 0 Å². The predicted octanol–water partition coefficient (Wildman–Crippen LogP) is 2.10. The van der Waals surface area contributed by atoms with Crippen LogP contribution in [0.3, 0.4) is 0 Å². The molecule has 2 aromatic rings. The Morgan fingerprint density at radius 1 is 1.21 bits per heavy atom. The number of hydrogen-bond acceptors (Lipinski definition) is 3. The maximum Gasteiger partial charge on any atom is 0.322 e. The smallest absolute Gasteiger partial charge is 0.322 e. The number of fused-ring (bicyclic) bond motifs is 1. The number of ether oxygens (including phenoxy) is 1. The summed E-state index contributed by atoms with van der Waals surface area (Å²) in [5.74, 6) is 0. The summed E-state index contributed by atoms with van der Waals surface area (Å²) in [6.07, 6.45) is 1.75. The van der Waals surface area contributed by atoms with Crippen LogP contribution in [0.4, 0.5) is 10.5 Å². The van der Waals surface area contributed by atoms with Crippen LogP contribution in [0.5, 0.6) is 0 Å². The van der Waals surface area contributed by atoms with E-state index in [0.29, 0.717) is 26.3 Å². The van der Waals surface area contributed by atoms with Crippen molar-refractivity contribution >= 4 is 22.6 Å². The lowest BCUT2D eigenvalue weighted by Crippen LogP contribution is -2.43. The highest BCUT2D eigenvalue weighted by Crippen LogP contribution is 2.21. The summed E-state index contributed by atoms with van der Waals surface area (Å²) >= 11 is 0. The number of hydrogen-bond donors (Lipinski definition) is 1. The second kappa shape index (κ2) is 5.24. The van der Waals surface area contributed by atoms with Gasteiger partial charge in [0, 0.05) is 24.7 Å². The first kappa shape index (κ1) is 11.9. The molecule has 0 saturated carbocycles. The van der Waals surface area contributed by atoms with Crippen LogP contribution in [-0.2, 0) is 4.74 Å². The Morgan fingerprint density at radius 2 is 2.05 bits per heavy atom. The fraction of sp³-hybridized carbons (Fsp3) is 0.286. The third-order valence-corrected chi connectivity index (χ3v) is 3.19. The third kappa shape index (κ3) is 2.51. The van der Waals surface area contributed by atoms with Crippen LogP contribution in [0.25, 0.3) is 10.9 Å². The summed E-state index contributed by atoms with van der Waals surface area (Å²) in [5, 5.41) is 3.90. The maximum atomic E-state index is 12.2. The summed E-state index contributed by atoms with van der Waals surface area (Å²) in [7, 11) is 0. The van der Waals surface area contributed by atoms with Gasteiger partial charge in [0.1, 0.15) is 0 Å². The molecule has 0 spiro atoms. The Kier molecular flexibility index (Phi) is 3.29. The molecule has 2 amide bonds. The molecular formula is C14H15N3O2. The van der Waals surface area contributed by atoms with Gasteiger partial charge in [-0.3, -0.25) is 4.98 Å². The van der Waals surface area contributed by atoms with Crippen molar-refractivity contribution in [3.05, 3.63) is 36.5 Å². The summed E-state index contributed by atoms with van der Waals surface area (Å²) in [4.78, 5) is 18.2. The van der Waals surface area contributed by atoms with Gasteiger partial charge in [0.05, 0.1) is 24.4 Å². The number of rotatable bonds is 1. The van der Waals surface area contributed by atoms with Crippen LogP contribution >= 0.6 is 0 Å². The molecule has 98 valence electrons. The molecule has 1 aliphatic heterocycles. The van der Waals surface area contributed by atoms with Gasteiger partial charge < -0.3 is 15.0 Å². The minimum Gasteiger partial charge on any atom is -0.378 e. The van der Waals surface area contributed by atoms with E-state index in [9.17, 15) is 4.79 Å². The molecule has 19 heavy (non-hydrogen) atoms. The van der Waals surface area contributed by atoms with E-state index in [1.807, 2.05) is 30.3 Å². The van der Waals surface area contributed by atoms with Crippen LogP contribution < -0.4 is 5.32 Å². The largest absolute Gasteiger partial charge is 0.378 e. The molecular weight excluding hydrogens is 242 g/mol. The van der Waals surface area contributed by atoms with E-state index in [1.165, 1.54) is 0 Å². The van der Waals surface area contributed by atoms with Crippen molar-refractivity contribution in [1.29, 1.82) is 0 Å². The number of aromatic nitrogens is 1. The fourth-order valence-electron chi connectivity index (χ4n) is 2.17. The molecule has 1 fully saturated rings. The number of anilines is 1. The predicted molar refractivity (Wildman–Crippen MR) is 73.2 cm³/mol. The monoisotopic (exact) mass is 257 g/mol. The summed E-state index contributed by atoms with van der Waals surface area (Å²) < 4.78 is 5.24. The quantitative estimate of drug-likeness (QED) is 0.851. The van der Waals surface area contributed by atoms with Gasteiger partial charge in [0.25, 0.3) is 0 Å². The third-order valence-electron chi connectivity index (χ3n) is 3.19. The first-order chi connectivity index (χ1) is 9.34. The molecule has 0 bridgehead atoms. The van der Waals surface area contributed by atoms with E-state index in [1.54, 1.807) is 11.1 Å². The highest BCUT2D eigenvalue weighted by molar-refractivity contribution is 6.00. The first-order valence-corrected chi connectivity index (χ1v) is 6.32. The number of amides is 2. The van der Waals surface area contributed by atoms with E-state index in [0.717, 1.165) is 16.6 Å². The number of benzene rings is 1. The lowest BCUT2D eigenvalue weighted by molar-refractivity contribution is 0.0565. The number of carbonyl (C=O) groups is 1. The molecule has 5 nitrogen and oxygen atoms in total. The zero-order valence-corrected chi connectivity index (χ0v) is 10.5. The van der Waals surface area contributed by atoms with Gasteiger partial charge in [0.2, 0.25) is 0 Å². The van der Waals surface area contributed by atoms with E-state index in [4.69, 9.17) is 4.74 Å². The molecule has 0 unspecified atom stereocenters. The van der Waals surface area contributed by atoms with Crippen molar-refractivity contribution in [1.82, 2.24) is 9.88 Å². The van der Waals surface area contributed by atoms with Gasteiger partial charge in [0.15, 0.2) is 0 Å². The normalized spacial score (nSPS) is 15.5. The van der Waals surface area contributed by atoms with E-state index in [2.05, 4.69) is 10.3 Å². The van der Waals surface area contributed by atoms with Gasteiger partial charge >= 0.3 is 6.03 Å². The Morgan fingerprint density at radius 3 is 2.89 bits per heavy atom. The molecule has 3 rings (SSSR count). The molecule has 1 saturated heterocycles. The summed E-state index contributed by atoms with van der Waals surface area (Å²) in [6, 6.07) is 9.45. The van der Waals surface area contributed by atoms with Crippen LogP contribution in [0.15, 0.2) is 36.5 Å². The van der Waals surface area contributed by atoms with Crippen LogP contribution in [0.1, 0.15) is 0 Å². The lowest BCUT2D eigenvalue weighted by atomic mass is 10.2. The maximum absolute atomic E-state index is 12.2. The first-order valence-electron chi connectivity index (χ1n) is 6.32. The van der Waals surface area contributed by atoms with Crippen LogP contribution in [0, 0.1) is 0 Å². The van der Waals surface area contributed by atoms with Crippen molar-refractivity contribution in [2.45, 2.75) is 0 Å². The number of carbonyl (C=O) groups excluding carboxylic acids is 1. The Balaban J connectivity index is 1.82.